The molecule has 0 fully saturated rings. The average Bonchev–Trinajstić information content (AvgIpc) is 4.07. The molecule has 0 saturated heterocycles. The van der Waals surface area contributed by atoms with E-state index in [1.165, 1.54) is 125 Å². The average molecular weight is 853 g/mol. The Balaban J connectivity index is 0.0000000957. The van der Waals surface area contributed by atoms with E-state index in [0.29, 0.717) is 0 Å². The van der Waals surface area contributed by atoms with E-state index in [4.69, 9.17) is 0 Å². The molecule has 0 aliphatic carbocycles. The molecule has 0 spiro atoms. The van der Waals surface area contributed by atoms with Crippen LogP contribution in [0.15, 0.2) is 218 Å². The van der Waals surface area contributed by atoms with Crippen LogP contribution >= 0.6 is 34.0 Å². The zero-order valence-corrected chi connectivity index (χ0v) is 36.5. The highest BCUT2D eigenvalue weighted by molar-refractivity contribution is 7.28. The molecular weight excluding hydrogens is 817 g/mol. The van der Waals surface area contributed by atoms with Crippen LogP contribution in [0.5, 0.6) is 0 Å². The van der Waals surface area contributed by atoms with E-state index in [1.54, 1.807) is 0 Å². The zero-order valence-electron chi connectivity index (χ0n) is 34.0. The summed E-state index contributed by atoms with van der Waals surface area (Å²) in [5.41, 5.74) is 0. The van der Waals surface area contributed by atoms with Gasteiger partial charge < -0.3 is 0 Å². The number of hydrogen-bond acceptors (Lipinski definition) is 3. The second-order valence-electron chi connectivity index (χ2n) is 16.3. The van der Waals surface area contributed by atoms with Crippen molar-refractivity contribution in [3.63, 3.8) is 0 Å². The van der Waals surface area contributed by atoms with Gasteiger partial charge in [-0.3, -0.25) is 0 Å². The van der Waals surface area contributed by atoms with Gasteiger partial charge in [-0.1, -0.05) is 200 Å². The lowest BCUT2D eigenvalue weighted by atomic mass is 10.00. The van der Waals surface area contributed by atoms with Crippen LogP contribution in [0.4, 0.5) is 0 Å². The number of thiophene rings is 3. The fourth-order valence-electron chi connectivity index (χ4n) is 9.81. The zero-order chi connectivity index (χ0) is 41.4. The molecule has 0 unspecified atom stereocenters. The number of fused-ring (bicyclic) bond motifs is 21. The van der Waals surface area contributed by atoms with Gasteiger partial charge in [-0.25, -0.2) is 0 Å². The summed E-state index contributed by atoms with van der Waals surface area (Å²) in [5.74, 6) is 0. The predicted octanol–water partition coefficient (Wildman–Crippen LogP) is 19.1. The van der Waals surface area contributed by atoms with E-state index in [2.05, 4.69) is 218 Å². The normalized spacial score (nSPS) is 11.8. The predicted molar refractivity (Wildman–Crippen MR) is 283 cm³/mol. The highest BCUT2D eigenvalue weighted by Gasteiger charge is 2.14. The van der Waals surface area contributed by atoms with Crippen molar-refractivity contribution in [1.29, 1.82) is 0 Å². The molecular formula is C60H36S3. The van der Waals surface area contributed by atoms with Gasteiger partial charge in [-0.05, 0) is 82.8 Å². The molecule has 63 heavy (non-hydrogen) atoms. The van der Waals surface area contributed by atoms with E-state index < -0.39 is 0 Å². The summed E-state index contributed by atoms with van der Waals surface area (Å²) >= 11 is 5.72. The summed E-state index contributed by atoms with van der Waals surface area (Å²) in [6.45, 7) is 0. The number of benzene rings is 12. The van der Waals surface area contributed by atoms with E-state index in [1.807, 2.05) is 34.0 Å². The Morgan fingerprint density at radius 2 is 0.460 bits per heavy atom. The minimum Gasteiger partial charge on any atom is -0.135 e. The second-order valence-corrected chi connectivity index (χ2v) is 19.4. The van der Waals surface area contributed by atoms with E-state index in [-0.39, 0.29) is 0 Å². The lowest BCUT2D eigenvalue weighted by Gasteiger charge is -2.03. The third-order valence-electron chi connectivity index (χ3n) is 12.8. The monoisotopic (exact) mass is 852 g/mol. The van der Waals surface area contributed by atoms with Gasteiger partial charge in [0.25, 0.3) is 0 Å². The van der Waals surface area contributed by atoms with E-state index in [0.717, 1.165) is 0 Å². The van der Waals surface area contributed by atoms with Gasteiger partial charge in [0, 0.05) is 60.5 Å². The Hall–Kier alpha value is -7.14. The maximum Gasteiger partial charge on any atom is 0.0434 e. The third-order valence-corrected chi connectivity index (χ3v) is 16.4. The van der Waals surface area contributed by atoms with Crippen molar-refractivity contribution in [2.24, 2.45) is 0 Å². The number of hydrogen-bond donors (Lipinski definition) is 0. The molecule has 3 heterocycles. The second kappa shape index (κ2) is 14.8. The van der Waals surface area contributed by atoms with Crippen molar-refractivity contribution >= 4 is 159 Å². The van der Waals surface area contributed by atoms with Gasteiger partial charge in [0.15, 0.2) is 0 Å². The summed E-state index contributed by atoms with van der Waals surface area (Å²) in [7, 11) is 0. The first kappa shape index (κ1) is 36.5. The van der Waals surface area contributed by atoms with Crippen LogP contribution < -0.4 is 0 Å². The molecule has 0 radical (unpaired) electrons. The molecule has 0 bridgehead atoms. The molecule has 0 aliphatic heterocycles. The Labute approximate surface area is 375 Å². The van der Waals surface area contributed by atoms with Crippen LogP contribution in [0.25, 0.3) is 125 Å². The quantitative estimate of drug-likeness (QED) is 0.143. The van der Waals surface area contributed by atoms with Gasteiger partial charge in [0.2, 0.25) is 0 Å². The Kier molecular flexibility index (Phi) is 8.55. The fourth-order valence-corrected chi connectivity index (χ4v) is 13.6. The minimum atomic E-state index is 1.32. The number of rotatable bonds is 0. The Morgan fingerprint density at radius 3 is 0.873 bits per heavy atom. The molecule has 294 valence electrons. The van der Waals surface area contributed by atoms with Crippen molar-refractivity contribution in [2.45, 2.75) is 0 Å². The molecule has 15 aromatic rings. The van der Waals surface area contributed by atoms with Crippen LogP contribution in [-0.2, 0) is 0 Å². The molecule has 15 rings (SSSR count). The van der Waals surface area contributed by atoms with Gasteiger partial charge >= 0.3 is 0 Å². The van der Waals surface area contributed by atoms with Gasteiger partial charge in [-0.2, -0.15) is 0 Å². The topological polar surface area (TPSA) is 0 Å². The molecule has 3 aromatic heterocycles. The van der Waals surface area contributed by atoms with Crippen LogP contribution in [0.1, 0.15) is 0 Å². The SMILES string of the molecule is c1ccc2c(c1)ccc1c2sc2ccc3ccccc3c21.c1ccc2c(c1)ccc1c3ccc4ccccc4c3sc21.c1ccc2c(c1)ccc1sc3ccc4ccccc4c3c12. The first-order valence-corrected chi connectivity index (χ1v) is 23.9. The van der Waals surface area contributed by atoms with Crippen molar-refractivity contribution in [1.82, 2.24) is 0 Å². The van der Waals surface area contributed by atoms with Gasteiger partial charge in [0.05, 0.1) is 0 Å². The van der Waals surface area contributed by atoms with E-state index in [9.17, 15) is 0 Å². The third kappa shape index (κ3) is 5.92. The molecule has 0 atom stereocenters. The highest BCUT2D eigenvalue weighted by Crippen LogP contribution is 2.44. The molecule has 0 N–H and O–H groups in total. The Morgan fingerprint density at radius 1 is 0.175 bits per heavy atom. The van der Waals surface area contributed by atoms with Crippen molar-refractivity contribution in [3.05, 3.63) is 218 Å². The molecule has 0 saturated carbocycles. The largest absolute Gasteiger partial charge is 0.135 e. The summed E-state index contributed by atoms with van der Waals surface area (Å²) in [4.78, 5) is 0. The molecule has 0 aliphatic rings. The van der Waals surface area contributed by atoms with Crippen molar-refractivity contribution < 1.29 is 0 Å². The summed E-state index contributed by atoms with van der Waals surface area (Å²) < 4.78 is 8.33. The summed E-state index contributed by atoms with van der Waals surface area (Å²) in [6.07, 6.45) is 0. The Bertz CT molecular complexity index is 4030. The molecule has 0 nitrogen and oxygen atoms in total. The summed E-state index contributed by atoms with van der Waals surface area (Å²) in [6, 6.07) is 79.0. The van der Waals surface area contributed by atoms with E-state index >= 15 is 0 Å². The van der Waals surface area contributed by atoms with Crippen LogP contribution in [0.3, 0.4) is 0 Å². The molecule has 12 aromatic carbocycles. The smallest absolute Gasteiger partial charge is 0.0434 e. The standard InChI is InChI=1S/3C20H12S/c1-3-7-15-13(5-1)10-12-18-19(15)17-11-9-14-6-2-4-8-16(14)20(17)21-18;1-3-7-15-13(5-1)9-11-17-19(15)20-16-8-4-2-6-14(16)10-12-18(20)21-17;1-3-7-15-13(5-1)9-11-17-18-12-10-14-6-2-4-8-16(14)20(18)21-19(15)17/h3*1-12H. The van der Waals surface area contributed by atoms with Gasteiger partial charge in [-0.15, -0.1) is 34.0 Å². The first-order valence-electron chi connectivity index (χ1n) is 21.4. The highest BCUT2D eigenvalue weighted by atomic mass is 32.1. The fraction of sp³-hybridized carbons (Fsp3) is 0. The van der Waals surface area contributed by atoms with Crippen LogP contribution in [0, 0.1) is 0 Å². The minimum absolute atomic E-state index is 1.32. The maximum atomic E-state index is 2.28. The maximum absolute atomic E-state index is 2.28. The van der Waals surface area contributed by atoms with Crippen LogP contribution in [0.2, 0.25) is 0 Å². The molecule has 0 amide bonds. The van der Waals surface area contributed by atoms with Gasteiger partial charge in [0.1, 0.15) is 0 Å². The molecule has 3 heteroatoms. The van der Waals surface area contributed by atoms with Crippen molar-refractivity contribution in [2.75, 3.05) is 0 Å². The lowest BCUT2D eigenvalue weighted by molar-refractivity contribution is 1.81. The summed E-state index contributed by atoms with van der Waals surface area (Å²) in [5, 5.41) is 24.4. The van der Waals surface area contributed by atoms with Crippen molar-refractivity contribution in [3.8, 4) is 0 Å². The van der Waals surface area contributed by atoms with Crippen LogP contribution in [-0.4, -0.2) is 0 Å². The first-order chi connectivity index (χ1) is 31.2. The lowest BCUT2D eigenvalue weighted by Crippen LogP contribution is -1.76.